The Morgan fingerprint density at radius 1 is 1.47 bits per heavy atom. The molecule has 0 aromatic carbocycles. The summed E-state index contributed by atoms with van der Waals surface area (Å²) in [6, 6.07) is 0.801. The predicted octanol–water partition coefficient (Wildman–Crippen LogP) is 1.10. The molecule has 2 rings (SSSR count). The largest absolute Gasteiger partial charge is 0.396 e. The van der Waals surface area contributed by atoms with E-state index < -0.39 is 0 Å². The van der Waals surface area contributed by atoms with E-state index in [0.29, 0.717) is 30.3 Å². The minimum Gasteiger partial charge on any atom is -0.396 e. The van der Waals surface area contributed by atoms with Gasteiger partial charge in [-0.3, -0.25) is 9.59 Å². The van der Waals surface area contributed by atoms with Gasteiger partial charge in [0.1, 0.15) is 0 Å². The quantitative estimate of drug-likeness (QED) is 0.587. The number of fused-ring (bicyclic) bond motifs is 1. The highest BCUT2D eigenvalue weighted by Gasteiger charge is 2.46. The monoisotopic (exact) mass is 236 g/mol. The SMILES string of the molecule is CC(C)C1CC2CCCC2N1C(=O)BNC=O. The van der Waals surface area contributed by atoms with E-state index in [1.54, 1.807) is 0 Å². The molecular weight excluding hydrogens is 215 g/mol. The number of hydrogen-bond donors (Lipinski definition) is 1. The first-order valence-corrected chi connectivity index (χ1v) is 6.63. The van der Waals surface area contributed by atoms with Crippen molar-refractivity contribution in [3.8, 4) is 0 Å². The Morgan fingerprint density at radius 2 is 2.24 bits per heavy atom. The van der Waals surface area contributed by atoms with Gasteiger partial charge in [0.15, 0.2) is 12.2 Å². The van der Waals surface area contributed by atoms with Crippen LogP contribution in [-0.2, 0) is 4.79 Å². The van der Waals surface area contributed by atoms with E-state index in [9.17, 15) is 9.59 Å². The fraction of sp³-hybridized carbons (Fsp3) is 0.833. The second kappa shape index (κ2) is 5.11. The molecular formula is C12H21BN2O2. The Kier molecular flexibility index (Phi) is 3.74. The molecule has 1 N–H and O–H groups in total. The summed E-state index contributed by atoms with van der Waals surface area (Å²) < 4.78 is 0. The molecule has 2 aliphatic rings. The van der Waals surface area contributed by atoms with Crippen LogP contribution < -0.4 is 5.23 Å². The third-order valence-corrected chi connectivity index (χ3v) is 4.27. The summed E-state index contributed by atoms with van der Waals surface area (Å²) in [4.78, 5) is 24.5. The fourth-order valence-electron chi connectivity index (χ4n) is 3.51. The number of carbonyl (C=O) groups is 2. The first kappa shape index (κ1) is 12.5. The zero-order chi connectivity index (χ0) is 12.4. The van der Waals surface area contributed by atoms with Gasteiger partial charge in [0.2, 0.25) is 0 Å². The van der Waals surface area contributed by atoms with Crippen molar-refractivity contribution in [1.29, 1.82) is 0 Å². The average molecular weight is 236 g/mol. The second-order valence-electron chi connectivity index (χ2n) is 5.61. The summed E-state index contributed by atoms with van der Waals surface area (Å²) in [5, 5.41) is 2.49. The van der Waals surface area contributed by atoms with Gasteiger partial charge in [0, 0.05) is 12.1 Å². The van der Waals surface area contributed by atoms with Crippen LogP contribution in [0.3, 0.4) is 0 Å². The van der Waals surface area contributed by atoms with Crippen molar-refractivity contribution in [3.05, 3.63) is 0 Å². The maximum Gasteiger partial charge on any atom is 0.343 e. The number of nitrogens with zero attached hydrogens (tertiary/aromatic N) is 1. The molecule has 1 aliphatic carbocycles. The van der Waals surface area contributed by atoms with Crippen molar-refractivity contribution in [2.75, 3.05) is 0 Å². The normalized spacial score (nSPS) is 31.5. The molecule has 94 valence electrons. The summed E-state index contributed by atoms with van der Waals surface area (Å²) in [6.45, 7) is 4.36. The molecule has 0 spiro atoms. The molecule has 5 heteroatoms. The molecule has 2 amide bonds. The maximum atomic E-state index is 12.2. The molecule has 2 fully saturated rings. The Bertz CT molecular complexity index is 309. The first-order chi connectivity index (χ1) is 8.15. The van der Waals surface area contributed by atoms with Crippen LogP contribution in [0.25, 0.3) is 0 Å². The lowest BCUT2D eigenvalue weighted by molar-refractivity contribution is -0.108. The van der Waals surface area contributed by atoms with Crippen LogP contribution in [0.1, 0.15) is 39.5 Å². The van der Waals surface area contributed by atoms with Crippen LogP contribution >= 0.6 is 0 Å². The fourth-order valence-corrected chi connectivity index (χ4v) is 3.51. The number of amides is 2. The molecule has 3 atom stereocenters. The van der Waals surface area contributed by atoms with Gasteiger partial charge in [-0.05, 0) is 31.1 Å². The van der Waals surface area contributed by atoms with Crippen LogP contribution in [0.2, 0.25) is 0 Å². The van der Waals surface area contributed by atoms with E-state index in [1.807, 2.05) is 0 Å². The van der Waals surface area contributed by atoms with Gasteiger partial charge in [-0.2, -0.15) is 0 Å². The average Bonchev–Trinajstić information content (AvgIpc) is 2.84. The van der Waals surface area contributed by atoms with Gasteiger partial charge in [-0.1, -0.05) is 20.3 Å². The lowest BCUT2D eigenvalue weighted by Gasteiger charge is -2.32. The number of nitrogens with one attached hydrogen (secondary N) is 1. The van der Waals surface area contributed by atoms with Gasteiger partial charge in [-0.25, -0.2) is 0 Å². The minimum absolute atomic E-state index is 0.0881. The van der Waals surface area contributed by atoms with Crippen LogP contribution in [-0.4, -0.2) is 36.6 Å². The minimum atomic E-state index is 0.0881. The van der Waals surface area contributed by atoms with Crippen LogP contribution in [0.15, 0.2) is 0 Å². The predicted molar refractivity (Wildman–Crippen MR) is 68.0 cm³/mol. The Balaban J connectivity index is 2.08. The summed E-state index contributed by atoms with van der Waals surface area (Å²) in [5.41, 5.74) is 0. The summed E-state index contributed by atoms with van der Waals surface area (Å²) in [7, 11) is 0.149. The van der Waals surface area contributed by atoms with E-state index in [1.165, 1.54) is 12.8 Å². The smallest absolute Gasteiger partial charge is 0.343 e. The highest BCUT2D eigenvalue weighted by Crippen LogP contribution is 2.43. The molecule has 0 radical (unpaired) electrons. The number of carbonyl (C=O) groups excluding carboxylic acids is 2. The topological polar surface area (TPSA) is 49.4 Å². The van der Waals surface area contributed by atoms with E-state index in [0.717, 1.165) is 12.8 Å². The Hall–Kier alpha value is -0.995. The lowest BCUT2D eigenvalue weighted by atomic mass is 9.90. The molecule has 0 bridgehead atoms. The first-order valence-electron chi connectivity index (χ1n) is 6.63. The third-order valence-electron chi connectivity index (χ3n) is 4.27. The van der Waals surface area contributed by atoms with E-state index in [-0.39, 0.29) is 13.2 Å². The van der Waals surface area contributed by atoms with Gasteiger partial charge in [-0.15, -0.1) is 0 Å². The maximum absolute atomic E-state index is 12.2. The number of hydrogen-bond acceptors (Lipinski definition) is 2. The van der Waals surface area contributed by atoms with Gasteiger partial charge in [0.25, 0.3) is 0 Å². The van der Waals surface area contributed by atoms with Gasteiger partial charge < -0.3 is 10.1 Å². The van der Waals surface area contributed by atoms with E-state index in [4.69, 9.17) is 0 Å². The zero-order valence-electron chi connectivity index (χ0n) is 10.7. The van der Waals surface area contributed by atoms with Crippen molar-refractivity contribution in [2.45, 2.75) is 51.6 Å². The molecule has 3 unspecified atom stereocenters. The highest BCUT2D eigenvalue weighted by molar-refractivity contribution is 6.72. The summed E-state index contributed by atoms with van der Waals surface area (Å²) >= 11 is 0. The van der Waals surface area contributed by atoms with Crippen molar-refractivity contribution in [3.63, 3.8) is 0 Å². The number of rotatable bonds is 4. The Labute approximate surface area is 103 Å². The van der Waals surface area contributed by atoms with Crippen LogP contribution in [0.4, 0.5) is 4.79 Å². The molecule has 4 nitrogen and oxygen atoms in total. The summed E-state index contributed by atoms with van der Waals surface area (Å²) in [6.07, 6.45) is 5.39. The Morgan fingerprint density at radius 3 is 2.88 bits per heavy atom. The standard InChI is InChI=1S/C12H21BN2O2/c1-8(2)11-6-9-4-3-5-10(9)15(11)12(17)13-14-7-16/h7-11,13H,3-6H2,1-2H3,(H,14,16). The third kappa shape index (κ3) is 2.33. The molecule has 1 heterocycles. The van der Waals surface area contributed by atoms with Crippen molar-refractivity contribution in [2.24, 2.45) is 11.8 Å². The molecule has 1 saturated carbocycles. The molecule has 0 aromatic heterocycles. The van der Waals surface area contributed by atoms with Gasteiger partial charge in [0.05, 0.1) is 0 Å². The molecule has 1 saturated heterocycles. The van der Waals surface area contributed by atoms with Crippen molar-refractivity contribution in [1.82, 2.24) is 10.1 Å². The van der Waals surface area contributed by atoms with Crippen molar-refractivity contribution >= 4 is 19.6 Å². The lowest BCUT2D eigenvalue weighted by Crippen LogP contribution is -2.47. The van der Waals surface area contributed by atoms with E-state index >= 15 is 0 Å². The van der Waals surface area contributed by atoms with Crippen LogP contribution in [0, 0.1) is 11.8 Å². The molecule has 0 aromatic rings. The number of likely N-dealkylation sites (tertiary alicyclic amines) is 1. The second-order valence-corrected chi connectivity index (χ2v) is 5.61. The summed E-state index contributed by atoms with van der Waals surface area (Å²) in [5.74, 6) is 1.29. The highest BCUT2D eigenvalue weighted by atomic mass is 16.2. The molecule has 1 aliphatic heterocycles. The van der Waals surface area contributed by atoms with Gasteiger partial charge >= 0.3 is 7.41 Å². The van der Waals surface area contributed by atoms with E-state index in [2.05, 4.69) is 24.0 Å². The molecule has 17 heavy (non-hydrogen) atoms. The zero-order valence-corrected chi connectivity index (χ0v) is 10.7. The van der Waals surface area contributed by atoms with Crippen LogP contribution in [0.5, 0.6) is 0 Å². The van der Waals surface area contributed by atoms with Crippen molar-refractivity contribution < 1.29 is 9.59 Å².